The molecule has 0 radical (unpaired) electrons. The van der Waals surface area contributed by atoms with E-state index in [2.05, 4.69) is 28.1 Å². The maximum absolute atomic E-state index is 5.82. The second-order valence-electron chi connectivity index (χ2n) is 5.48. The molecule has 0 aliphatic carbocycles. The molecule has 1 aliphatic heterocycles. The van der Waals surface area contributed by atoms with E-state index in [1.54, 1.807) is 11.8 Å². The number of hydrogen-bond acceptors (Lipinski definition) is 4. The van der Waals surface area contributed by atoms with Gasteiger partial charge in [-0.15, -0.1) is 0 Å². The van der Waals surface area contributed by atoms with Crippen LogP contribution in [0.25, 0.3) is 5.70 Å². The van der Waals surface area contributed by atoms with Gasteiger partial charge in [-0.1, -0.05) is 60.3 Å². The molecule has 3 nitrogen and oxygen atoms in total. The minimum atomic E-state index is 0.812. The summed E-state index contributed by atoms with van der Waals surface area (Å²) < 4.78 is 5.82. The third-order valence-electron chi connectivity index (χ3n) is 3.73. The monoisotopic (exact) mass is 344 g/mol. The summed E-state index contributed by atoms with van der Waals surface area (Å²) >= 11 is 1.62. The second kappa shape index (κ2) is 7.28. The lowest BCUT2D eigenvalue weighted by Crippen LogP contribution is -2.12. The quantitative estimate of drug-likeness (QED) is 0.681. The molecule has 4 rings (SSSR count). The lowest BCUT2D eigenvalue weighted by atomic mass is 10.2. The number of nitrogens with zero attached hydrogens (tertiary/aromatic N) is 1. The first-order chi connectivity index (χ1) is 12.4. The van der Waals surface area contributed by atoms with Gasteiger partial charge < -0.3 is 4.74 Å². The molecule has 3 aromatic carbocycles. The van der Waals surface area contributed by atoms with E-state index in [1.165, 1.54) is 0 Å². The van der Waals surface area contributed by atoms with Crippen LogP contribution in [-0.2, 0) is 0 Å². The normalized spacial score (nSPS) is 13.4. The Morgan fingerprint density at radius 2 is 1.32 bits per heavy atom. The Labute approximate surface area is 151 Å². The number of para-hydroxylation sites is 1. The number of nitrogens with one attached hydrogen (secondary N) is 1. The molecule has 122 valence electrons. The third kappa shape index (κ3) is 3.75. The Bertz CT molecular complexity index is 904. The lowest BCUT2D eigenvalue weighted by molar-refractivity contribution is 0.482. The fourth-order valence-electron chi connectivity index (χ4n) is 2.45. The van der Waals surface area contributed by atoms with Gasteiger partial charge in [0.05, 0.1) is 5.70 Å². The summed E-state index contributed by atoms with van der Waals surface area (Å²) in [4.78, 5) is 0. The molecular formula is C21H16N2OS. The Kier molecular flexibility index (Phi) is 4.53. The summed E-state index contributed by atoms with van der Waals surface area (Å²) in [5.74, 6) is 1.64. The van der Waals surface area contributed by atoms with Gasteiger partial charge in [0.15, 0.2) is 0 Å². The molecule has 0 spiro atoms. The minimum Gasteiger partial charge on any atom is -0.457 e. The molecule has 0 aromatic heterocycles. The maximum atomic E-state index is 5.82. The van der Waals surface area contributed by atoms with Crippen LogP contribution in [0.4, 0.5) is 0 Å². The first-order valence-corrected chi connectivity index (χ1v) is 8.86. The molecule has 1 heterocycles. The van der Waals surface area contributed by atoms with Gasteiger partial charge in [-0.05, 0) is 36.4 Å². The maximum Gasteiger partial charge on any atom is 0.128 e. The number of hydrazone groups is 1. The molecule has 0 saturated heterocycles. The number of ether oxygens (including phenoxy) is 1. The number of hydrogen-bond donors (Lipinski definition) is 1. The van der Waals surface area contributed by atoms with Crippen LogP contribution in [0.2, 0.25) is 0 Å². The molecule has 0 atom stereocenters. The summed E-state index contributed by atoms with van der Waals surface area (Å²) in [7, 11) is 0. The van der Waals surface area contributed by atoms with Crippen molar-refractivity contribution in [3.63, 3.8) is 0 Å². The SMILES string of the molecule is C1=C(c2ccc(Oc3ccccc3)cc2)NN=C(c2ccccc2)S1. The van der Waals surface area contributed by atoms with Crippen molar-refractivity contribution in [1.82, 2.24) is 5.43 Å². The van der Waals surface area contributed by atoms with E-state index in [-0.39, 0.29) is 0 Å². The standard InChI is InChI=1S/C21H16N2OS/c1-3-7-17(8-4-1)21-23-22-20(15-25-21)16-11-13-19(14-12-16)24-18-9-5-2-6-10-18/h1-15,22H. The average molecular weight is 344 g/mol. The molecular weight excluding hydrogens is 328 g/mol. The van der Waals surface area contributed by atoms with Crippen LogP contribution < -0.4 is 10.2 Å². The lowest BCUT2D eigenvalue weighted by Gasteiger charge is -2.15. The molecule has 4 heteroatoms. The Morgan fingerprint density at radius 1 is 0.680 bits per heavy atom. The first kappa shape index (κ1) is 15.5. The van der Waals surface area contributed by atoms with Crippen LogP contribution in [0.3, 0.4) is 0 Å². The van der Waals surface area contributed by atoms with Crippen molar-refractivity contribution in [2.24, 2.45) is 5.10 Å². The van der Waals surface area contributed by atoms with Crippen molar-refractivity contribution < 1.29 is 4.74 Å². The van der Waals surface area contributed by atoms with E-state index in [0.717, 1.165) is 33.4 Å². The van der Waals surface area contributed by atoms with Gasteiger partial charge in [0.1, 0.15) is 16.5 Å². The minimum absolute atomic E-state index is 0.812. The third-order valence-corrected chi connectivity index (χ3v) is 4.64. The number of rotatable bonds is 4. The van der Waals surface area contributed by atoms with Gasteiger partial charge in [-0.2, -0.15) is 5.10 Å². The van der Waals surface area contributed by atoms with Gasteiger partial charge >= 0.3 is 0 Å². The van der Waals surface area contributed by atoms with Gasteiger partial charge in [0, 0.05) is 16.5 Å². The molecule has 3 aromatic rings. The Hall–Kier alpha value is -2.98. The van der Waals surface area contributed by atoms with Gasteiger partial charge in [-0.25, -0.2) is 0 Å². The van der Waals surface area contributed by atoms with E-state index >= 15 is 0 Å². The van der Waals surface area contributed by atoms with Crippen LogP contribution in [0.1, 0.15) is 11.1 Å². The van der Waals surface area contributed by atoms with E-state index in [1.807, 2.05) is 72.8 Å². The zero-order chi connectivity index (χ0) is 16.9. The van der Waals surface area contributed by atoms with E-state index < -0.39 is 0 Å². The predicted octanol–water partition coefficient (Wildman–Crippen LogP) is 5.48. The fourth-order valence-corrected chi connectivity index (χ4v) is 3.24. The number of benzene rings is 3. The second-order valence-corrected chi connectivity index (χ2v) is 6.34. The van der Waals surface area contributed by atoms with Crippen LogP contribution in [0.15, 0.2) is 95.4 Å². The zero-order valence-electron chi connectivity index (χ0n) is 13.4. The zero-order valence-corrected chi connectivity index (χ0v) is 14.2. The van der Waals surface area contributed by atoms with Crippen LogP contribution >= 0.6 is 11.8 Å². The van der Waals surface area contributed by atoms with Crippen molar-refractivity contribution in [1.29, 1.82) is 0 Å². The topological polar surface area (TPSA) is 33.6 Å². The fraction of sp³-hybridized carbons (Fsp3) is 0. The van der Waals surface area contributed by atoms with Crippen molar-refractivity contribution >= 4 is 22.5 Å². The summed E-state index contributed by atoms with van der Waals surface area (Å²) in [5, 5.41) is 7.53. The van der Waals surface area contributed by atoms with E-state index in [0.29, 0.717) is 0 Å². The highest BCUT2D eigenvalue weighted by Crippen LogP contribution is 2.27. The van der Waals surface area contributed by atoms with Gasteiger partial charge in [0.25, 0.3) is 0 Å². The molecule has 0 bridgehead atoms. The van der Waals surface area contributed by atoms with Gasteiger partial charge in [-0.3, -0.25) is 5.43 Å². The van der Waals surface area contributed by atoms with Crippen molar-refractivity contribution in [3.05, 3.63) is 101 Å². The van der Waals surface area contributed by atoms with Crippen molar-refractivity contribution in [2.45, 2.75) is 0 Å². The highest BCUT2D eigenvalue weighted by molar-refractivity contribution is 8.17. The summed E-state index contributed by atoms with van der Waals surface area (Å²) in [5.41, 5.74) is 6.31. The van der Waals surface area contributed by atoms with Gasteiger partial charge in [0.2, 0.25) is 0 Å². The average Bonchev–Trinajstić information content (AvgIpc) is 2.70. The largest absolute Gasteiger partial charge is 0.457 e. The highest BCUT2D eigenvalue weighted by atomic mass is 32.2. The molecule has 1 aliphatic rings. The molecule has 0 unspecified atom stereocenters. The molecule has 25 heavy (non-hydrogen) atoms. The summed E-state index contributed by atoms with van der Waals surface area (Å²) in [6.07, 6.45) is 0. The summed E-state index contributed by atoms with van der Waals surface area (Å²) in [6, 6.07) is 27.9. The van der Waals surface area contributed by atoms with Crippen LogP contribution in [-0.4, -0.2) is 5.04 Å². The molecule has 0 amide bonds. The Balaban J connectivity index is 1.44. The molecule has 0 saturated carbocycles. The van der Waals surface area contributed by atoms with Crippen LogP contribution in [0.5, 0.6) is 11.5 Å². The Morgan fingerprint density at radius 3 is 1.96 bits per heavy atom. The molecule has 0 fully saturated rings. The molecule has 1 N–H and O–H groups in total. The van der Waals surface area contributed by atoms with Crippen molar-refractivity contribution in [3.8, 4) is 11.5 Å². The van der Waals surface area contributed by atoms with E-state index in [4.69, 9.17) is 4.74 Å². The highest BCUT2D eigenvalue weighted by Gasteiger charge is 2.11. The smallest absolute Gasteiger partial charge is 0.128 e. The van der Waals surface area contributed by atoms with Crippen LogP contribution in [0, 0.1) is 0 Å². The number of thioether (sulfide) groups is 1. The van der Waals surface area contributed by atoms with Crippen molar-refractivity contribution in [2.75, 3.05) is 0 Å². The van der Waals surface area contributed by atoms with E-state index in [9.17, 15) is 0 Å². The predicted molar refractivity (Wildman–Crippen MR) is 105 cm³/mol. The first-order valence-electron chi connectivity index (χ1n) is 7.98. The summed E-state index contributed by atoms with van der Waals surface area (Å²) in [6.45, 7) is 0.